The van der Waals surface area contributed by atoms with Crippen LogP contribution in [0.15, 0.2) is 18.3 Å². The fourth-order valence-electron chi connectivity index (χ4n) is 2.79. The van der Waals surface area contributed by atoms with Gasteiger partial charge in [0.25, 0.3) is 0 Å². The Balaban J connectivity index is 1.87. The highest BCUT2D eigenvalue weighted by molar-refractivity contribution is 5.68. The van der Waals surface area contributed by atoms with Crippen LogP contribution in [0.5, 0.6) is 5.88 Å². The SMILES string of the molecule is CCOc1ccc(N2CCC(N(C)C(=O)OC(C)(C)C)CC2)cn1. The summed E-state index contributed by atoms with van der Waals surface area (Å²) in [5.41, 5.74) is 0.636. The second-order valence-corrected chi connectivity index (χ2v) is 7.10. The third kappa shape index (κ3) is 5.01. The van der Waals surface area contributed by atoms with Crippen LogP contribution in [-0.4, -0.2) is 54.4 Å². The van der Waals surface area contributed by atoms with Gasteiger partial charge in [-0.25, -0.2) is 9.78 Å². The van der Waals surface area contributed by atoms with Crippen molar-refractivity contribution in [2.24, 2.45) is 0 Å². The molecule has 0 N–H and O–H groups in total. The van der Waals surface area contributed by atoms with Crippen molar-refractivity contribution in [3.63, 3.8) is 0 Å². The minimum atomic E-state index is -0.458. The Morgan fingerprint density at radius 3 is 2.50 bits per heavy atom. The average molecular weight is 335 g/mol. The van der Waals surface area contributed by atoms with Crippen LogP contribution in [0, 0.1) is 0 Å². The van der Waals surface area contributed by atoms with E-state index in [0.717, 1.165) is 31.6 Å². The van der Waals surface area contributed by atoms with E-state index in [-0.39, 0.29) is 12.1 Å². The predicted molar refractivity (Wildman–Crippen MR) is 94.6 cm³/mol. The first kappa shape index (κ1) is 18.4. The van der Waals surface area contributed by atoms with Gasteiger partial charge in [0, 0.05) is 32.2 Å². The molecule has 6 nitrogen and oxygen atoms in total. The molecule has 0 saturated carbocycles. The number of hydrogen-bond donors (Lipinski definition) is 0. The summed E-state index contributed by atoms with van der Waals surface area (Å²) in [5.74, 6) is 0.654. The van der Waals surface area contributed by atoms with Crippen molar-refractivity contribution in [3.8, 4) is 5.88 Å². The van der Waals surface area contributed by atoms with E-state index < -0.39 is 5.60 Å². The summed E-state index contributed by atoms with van der Waals surface area (Å²) in [7, 11) is 1.83. The maximum atomic E-state index is 12.2. The average Bonchev–Trinajstić information content (AvgIpc) is 2.54. The highest BCUT2D eigenvalue weighted by Gasteiger charge is 2.28. The molecule has 0 spiro atoms. The number of hydrogen-bond acceptors (Lipinski definition) is 5. The Hall–Kier alpha value is -1.98. The number of carbonyl (C=O) groups excluding carboxylic acids is 1. The zero-order valence-corrected chi connectivity index (χ0v) is 15.4. The Bertz CT molecular complexity index is 531. The molecule has 6 heteroatoms. The second kappa shape index (κ2) is 7.73. The first-order chi connectivity index (χ1) is 11.3. The van der Waals surface area contributed by atoms with Gasteiger partial charge in [-0.3, -0.25) is 0 Å². The van der Waals surface area contributed by atoms with E-state index >= 15 is 0 Å². The standard InChI is InChI=1S/C18H29N3O3/c1-6-23-16-8-7-15(13-19-16)21-11-9-14(10-12-21)20(5)17(22)24-18(2,3)4/h7-8,13-14H,6,9-12H2,1-5H3. The second-order valence-electron chi connectivity index (χ2n) is 7.10. The van der Waals surface area contributed by atoms with Crippen molar-refractivity contribution < 1.29 is 14.3 Å². The third-order valence-electron chi connectivity index (χ3n) is 4.07. The molecule has 1 saturated heterocycles. The summed E-state index contributed by atoms with van der Waals surface area (Å²) in [6.07, 6.45) is 3.44. The molecular weight excluding hydrogens is 306 g/mol. The number of rotatable bonds is 4. The quantitative estimate of drug-likeness (QED) is 0.845. The maximum absolute atomic E-state index is 12.2. The Kier molecular flexibility index (Phi) is 5.91. The van der Waals surface area contributed by atoms with E-state index in [2.05, 4.69) is 9.88 Å². The molecule has 0 aromatic carbocycles. The van der Waals surface area contributed by atoms with Gasteiger partial charge in [0.05, 0.1) is 18.5 Å². The van der Waals surface area contributed by atoms with Crippen molar-refractivity contribution in [2.45, 2.75) is 52.2 Å². The van der Waals surface area contributed by atoms with E-state index in [1.54, 1.807) is 4.90 Å². The number of nitrogens with zero attached hydrogens (tertiary/aromatic N) is 3. The van der Waals surface area contributed by atoms with Crippen LogP contribution in [0.3, 0.4) is 0 Å². The predicted octanol–water partition coefficient (Wildman–Crippen LogP) is 3.32. The fraction of sp³-hybridized carbons (Fsp3) is 0.667. The summed E-state index contributed by atoms with van der Waals surface area (Å²) < 4.78 is 10.8. The first-order valence-electron chi connectivity index (χ1n) is 8.60. The molecule has 0 bridgehead atoms. The van der Waals surface area contributed by atoms with Crippen molar-refractivity contribution in [2.75, 3.05) is 31.6 Å². The molecule has 24 heavy (non-hydrogen) atoms. The van der Waals surface area contributed by atoms with Crippen LogP contribution in [-0.2, 0) is 4.74 Å². The number of piperidine rings is 1. The van der Waals surface area contributed by atoms with Gasteiger partial charge in [0.2, 0.25) is 5.88 Å². The van der Waals surface area contributed by atoms with E-state index in [4.69, 9.17) is 9.47 Å². The highest BCUT2D eigenvalue weighted by Crippen LogP contribution is 2.23. The van der Waals surface area contributed by atoms with Gasteiger partial charge >= 0.3 is 6.09 Å². The Morgan fingerprint density at radius 2 is 2.00 bits per heavy atom. The first-order valence-corrected chi connectivity index (χ1v) is 8.60. The van der Waals surface area contributed by atoms with Crippen LogP contribution >= 0.6 is 0 Å². The largest absolute Gasteiger partial charge is 0.478 e. The van der Waals surface area contributed by atoms with Crippen molar-refractivity contribution in [3.05, 3.63) is 18.3 Å². The van der Waals surface area contributed by atoms with E-state index in [9.17, 15) is 4.79 Å². The fourth-order valence-corrected chi connectivity index (χ4v) is 2.79. The number of pyridine rings is 1. The number of anilines is 1. The summed E-state index contributed by atoms with van der Waals surface area (Å²) in [4.78, 5) is 20.5. The molecule has 1 aliphatic heterocycles. The van der Waals surface area contributed by atoms with Gasteiger partial charge in [-0.2, -0.15) is 0 Å². The lowest BCUT2D eigenvalue weighted by Crippen LogP contribution is -2.47. The topological polar surface area (TPSA) is 54.9 Å². The number of aromatic nitrogens is 1. The van der Waals surface area contributed by atoms with Gasteiger partial charge in [-0.1, -0.05) is 0 Å². The molecule has 0 radical (unpaired) electrons. The van der Waals surface area contributed by atoms with E-state index in [1.807, 2.05) is 53.1 Å². The Labute approximate surface area is 144 Å². The monoisotopic (exact) mass is 335 g/mol. The molecular formula is C18H29N3O3. The lowest BCUT2D eigenvalue weighted by molar-refractivity contribution is 0.0201. The molecule has 2 rings (SSSR count). The van der Waals surface area contributed by atoms with Gasteiger partial charge in [-0.15, -0.1) is 0 Å². The summed E-state index contributed by atoms with van der Waals surface area (Å²) in [6.45, 7) is 10.0. The minimum Gasteiger partial charge on any atom is -0.478 e. The van der Waals surface area contributed by atoms with Crippen molar-refractivity contribution in [1.82, 2.24) is 9.88 Å². The molecule has 134 valence electrons. The molecule has 2 heterocycles. The van der Waals surface area contributed by atoms with Crippen LogP contribution in [0.1, 0.15) is 40.5 Å². The molecule has 0 atom stereocenters. The molecule has 1 amide bonds. The van der Waals surface area contributed by atoms with Gasteiger partial charge in [0.15, 0.2) is 0 Å². The molecule has 0 unspecified atom stereocenters. The Morgan fingerprint density at radius 1 is 1.33 bits per heavy atom. The highest BCUT2D eigenvalue weighted by atomic mass is 16.6. The smallest absolute Gasteiger partial charge is 0.410 e. The van der Waals surface area contributed by atoms with Gasteiger partial charge < -0.3 is 19.3 Å². The van der Waals surface area contributed by atoms with Gasteiger partial charge in [-0.05, 0) is 46.6 Å². The van der Waals surface area contributed by atoms with Gasteiger partial charge in [0.1, 0.15) is 5.60 Å². The van der Waals surface area contributed by atoms with Crippen LogP contribution < -0.4 is 9.64 Å². The number of ether oxygens (including phenoxy) is 2. The molecule has 1 fully saturated rings. The summed E-state index contributed by atoms with van der Waals surface area (Å²) >= 11 is 0. The molecule has 0 aliphatic carbocycles. The van der Waals surface area contributed by atoms with Crippen LogP contribution in [0.4, 0.5) is 10.5 Å². The molecule has 1 aliphatic rings. The summed E-state index contributed by atoms with van der Waals surface area (Å²) in [6, 6.07) is 4.15. The van der Waals surface area contributed by atoms with Crippen molar-refractivity contribution in [1.29, 1.82) is 0 Å². The zero-order chi connectivity index (χ0) is 17.7. The third-order valence-corrected chi connectivity index (χ3v) is 4.07. The van der Waals surface area contributed by atoms with Crippen LogP contribution in [0.25, 0.3) is 0 Å². The molecule has 1 aromatic heterocycles. The maximum Gasteiger partial charge on any atom is 0.410 e. The summed E-state index contributed by atoms with van der Waals surface area (Å²) in [5, 5.41) is 0. The number of carbonyl (C=O) groups is 1. The molecule has 1 aromatic rings. The minimum absolute atomic E-state index is 0.215. The van der Waals surface area contributed by atoms with E-state index in [0.29, 0.717) is 12.5 Å². The lowest BCUT2D eigenvalue weighted by atomic mass is 10.0. The van der Waals surface area contributed by atoms with Crippen LogP contribution in [0.2, 0.25) is 0 Å². The lowest BCUT2D eigenvalue weighted by Gasteiger charge is -2.38. The van der Waals surface area contributed by atoms with E-state index in [1.165, 1.54) is 0 Å². The zero-order valence-electron chi connectivity index (χ0n) is 15.4. The van der Waals surface area contributed by atoms with Crippen molar-refractivity contribution >= 4 is 11.8 Å². The number of amides is 1. The normalized spacial score (nSPS) is 16.0.